The molecule has 2 rings (SSSR count). The fourth-order valence-electron chi connectivity index (χ4n) is 1.30. The number of aliphatic hydroxyl groups is 1. The highest BCUT2D eigenvalue weighted by atomic mass is 32.1. The minimum absolute atomic E-state index is 0.0215. The van der Waals surface area contributed by atoms with Crippen molar-refractivity contribution in [2.45, 2.75) is 12.8 Å². The van der Waals surface area contributed by atoms with Gasteiger partial charge in [-0.1, -0.05) is 0 Å². The molecular weight excluding hydrogens is 203 g/mol. The van der Waals surface area contributed by atoms with Gasteiger partial charge in [-0.05, 0) is 23.6 Å². The molecule has 0 spiro atoms. The Balaban J connectivity index is 2.30. The Morgan fingerprint density at radius 1 is 1.50 bits per heavy atom. The average Bonchev–Trinajstić information content (AvgIpc) is 2.70. The van der Waals surface area contributed by atoms with Crippen molar-refractivity contribution in [3.8, 4) is 11.3 Å². The smallest absolute Gasteiger partial charge is 0.201 e. The third-order valence-electron chi connectivity index (χ3n) is 1.89. The fourth-order valence-corrected chi connectivity index (χ4v) is 2.20. The molecule has 0 aliphatic rings. The minimum atomic E-state index is -1.80. The summed E-state index contributed by atoms with van der Waals surface area (Å²) in [6.07, 6.45) is -0.210. The van der Waals surface area contributed by atoms with Gasteiger partial charge in [-0.25, -0.2) is 4.39 Å². The first-order chi connectivity index (χ1) is 6.77. The molecule has 0 bridgehead atoms. The van der Waals surface area contributed by atoms with Crippen molar-refractivity contribution in [1.29, 1.82) is 0 Å². The first kappa shape index (κ1) is 9.43. The second-order valence-electron chi connectivity index (χ2n) is 2.87. The number of rotatable bonds is 3. The van der Waals surface area contributed by atoms with Crippen LogP contribution < -0.4 is 0 Å². The van der Waals surface area contributed by atoms with Crippen molar-refractivity contribution in [2.24, 2.45) is 0 Å². The summed E-state index contributed by atoms with van der Waals surface area (Å²) < 4.78 is 17.6. The fraction of sp³-hybridized carbons (Fsp3) is 0.200. The molecule has 4 heteroatoms. The zero-order valence-corrected chi connectivity index (χ0v) is 8.13. The number of aliphatic hydroxyl groups excluding tert-OH is 1. The molecule has 2 aromatic heterocycles. The third kappa shape index (κ3) is 1.86. The van der Waals surface area contributed by atoms with Crippen molar-refractivity contribution < 1.29 is 13.9 Å². The molecule has 0 saturated carbocycles. The van der Waals surface area contributed by atoms with Crippen molar-refractivity contribution >= 4 is 11.3 Å². The van der Waals surface area contributed by atoms with Gasteiger partial charge in [0.1, 0.15) is 5.76 Å². The zero-order chi connectivity index (χ0) is 9.97. The summed E-state index contributed by atoms with van der Waals surface area (Å²) in [6.45, 7) is 0. The van der Waals surface area contributed by atoms with Crippen LogP contribution in [-0.2, 0) is 6.42 Å². The number of thiophene rings is 1. The number of furan rings is 1. The molecule has 74 valence electrons. The second kappa shape index (κ2) is 3.94. The molecule has 2 aromatic rings. The number of halogens is 1. The Bertz CT molecular complexity index is 392. The number of hydrogen-bond donors (Lipinski definition) is 1. The highest BCUT2D eigenvalue weighted by Gasteiger charge is 2.12. The van der Waals surface area contributed by atoms with E-state index in [4.69, 9.17) is 9.52 Å². The monoisotopic (exact) mass is 212 g/mol. The number of alkyl halides is 1. The molecule has 0 aliphatic carbocycles. The lowest BCUT2D eigenvalue weighted by Gasteiger charge is -2.00. The molecule has 14 heavy (non-hydrogen) atoms. The first-order valence-electron chi connectivity index (χ1n) is 4.20. The van der Waals surface area contributed by atoms with Crippen molar-refractivity contribution in [3.63, 3.8) is 0 Å². The first-order valence-corrected chi connectivity index (χ1v) is 5.07. The Hall–Kier alpha value is -1.13. The molecule has 1 atom stereocenters. The van der Waals surface area contributed by atoms with E-state index in [0.717, 1.165) is 10.4 Å². The van der Waals surface area contributed by atoms with Crippen LogP contribution in [0.2, 0.25) is 0 Å². The van der Waals surface area contributed by atoms with Crippen LogP contribution in [0.4, 0.5) is 4.39 Å². The lowest BCUT2D eigenvalue weighted by atomic mass is 10.2. The maximum atomic E-state index is 12.4. The molecule has 2 nitrogen and oxygen atoms in total. The molecule has 0 aromatic carbocycles. The molecule has 0 radical (unpaired) electrons. The maximum absolute atomic E-state index is 12.4. The lowest BCUT2D eigenvalue weighted by Crippen LogP contribution is -2.01. The van der Waals surface area contributed by atoms with Crippen LogP contribution in [0.3, 0.4) is 0 Å². The van der Waals surface area contributed by atoms with Crippen molar-refractivity contribution in [2.75, 3.05) is 0 Å². The topological polar surface area (TPSA) is 33.4 Å². The van der Waals surface area contributed by atoms with Gasteiger partial charge in [-0.15, -0.1) is 11.3 Å². The van der Waals surface area contributed by atoms with Gasteiger partial charge in [-0.3, -0.25) is 0 Å². The molecule has 0 amide bonds. The second-order valence-corrected chi connectivity index (χ2v) is 3.87. The summed E-state index contributed by atoms with van der Waals surface area (Å²) in [5, 5.41) is 10.5. The Morgan fingerprint density at radius 2 is 2.36 bits per heavy atom. The van der Waals surface area contributed by atoms with Crippen LogP contribution in [-0.4, -0.2) is 11.5 Å². The molecule has 0 fully saturated rings. The Kier molecular flexibility index (Phi) is 2.65. The normalized spacial score (nSPS) is 13.0. The van der Waals surface area contributed by atoms with Gasteiger partial charge < -0.3 is 9.52 Å². The van der Waals surface area contributed by atoms with Crippen LogP contribution in [0.25, 0.3) is 11.3 Å². The summed E-state index contributed by atoms with van der Waals surface area (Å²) in [6, 6.07) is 5.46. The van der Waals surface area contributed by atoms with E-state index in [1.54, 1.807) is 12.3 Å². The van der Waals surface area contributed by atoms with Gasteiger partial charge in [0.2, 0.25) is 6.36 Å². The van der Waals surface area contributed by atoms with Crippen LogP contribution in [0.15, 0.2) is 34.3 Å². The minimum Gasteiger partial charge on any atom is -0.464 e. The maximum Gasteiger partial charge on any atom is 0.201 e. The quantitative estimate of drug-likeness (QED) is 0.848. The average molecular weight is 212 g/mol. The van der Waals surface area contributed by atoms with Crippen molar-refractivity contribution in [3.05, 3.63) is 34.7 Å². The third-order valence-corrected chi connectivity index (χ3v) is 2.83. The van der Waals surface area contributed by atoms with Crippen LogP contribution in [0.5, 0.6) is 0 Å². The summed E-state index contributed by atoms with van der Waals surface area (Å²) in [7, 11) is 0. The van der Waals surface area contributed by atoms with Crippen molar-refractivity contribution in [1.82, 2.24) is 0 Å². The van der Waals surface area contributed by atoms with E-state index in [0.29, 0.717) is 5.76 Å². The summed E-state index contributed by atoms with van der Waals surface area (Å²) in [4.78, 5) is 0.801. The van der Waals surface area contributed by atoms with Gasteiger partial charge in [0.25, 0.3) is 0 Å². The predicted octanol–water partition coefficient (Wildman–Crippen LogP) is 2.84. The highest BCUT2D eigenvalue weighted by Crippen LogP contribution is 2.29. The molecule has 1 unspecified atom stereocenters. The van der Waals surface area contributed by atoms with Crippen LogP contribution >= 0.6 is 11.3 Å². The molecule has 0 saturated heterocycles. The van der Waals surface area contributed by atoms with Gasteiger partial charge >= 0.3 is 0 Å². The Labute approximate surface area is 84.6 Å². The van der Waals surface area contributed by atoms with Gasteiger partial charge in [0.05, 0.1) is 6.26 Å². The van der Waals surface area contributed by atoms with Crippen LogP contribution in [0.1, 0.15) is 4.88 Å². The molecule has 0 aliphatic heterocycles. The Morgan fingerprint density at radius 3 is 3.00 bits per heavy atom. The van der Waals surface area contributed by atoms with Gasteiger partial charge in [0.15, 0.2) is 0 Å². The molecule has 2 heterocycles. The summed E-state index contributed by atoms with van der Waals surface area (Å²) >= 11 is 1.42. The highest BCUT2D eigenvalue weighted by molar-refractivity contribution is 7.10. The van der Waals surface area contributed by atoms with Gasteiger partial charge in [0, 0.05) is 16.9 Å². The summed E-state index contributed by atoms with van der Waals surface area (Å²) in [5.41, 5.74) is 0.858. The van der Waals surface area contributed by atoms with Gasteiger partial charge in [-0.2, -0.15) is 0 Å². The summed E-state index contributed by atoms with van der Waals surface area (Å²) in [5.74, 6) is 0.710. The lowest BCUT2D eigenvalue weighted by molar-refractivity contribution is 0.0438. The van der Waals surface area contributed by atoms with E-state index in [9.17, 15) is 4.39 Å². The van der Waals surface area contributed by atoms with E-state index >= 15 is 0 Å². The number of hydrogen-bond acceptors (Lipinski definition) is 3. The van der Waals surface area contributed by atoms with Crippen LogP contribution in [0, 0.1) is 0 Å². The molecular formula is C10H9FO2S. The van der Waals surface area contributed by atoms with E-state index < -0.39 is 6.36 Å². The largest absolute Gasteiger partial charge is 0.464 e. The van der Waals surface area contributed by atoms with E-state index in [1.807, 2.05) is 17.5 Å². The molecule has 1 N–H and O–H groups in total. The van der Waals surface area contributed by atoms with E-state index in [-0.39, 0.29) is 6.42 Å². The predicted molar refractivity (Wildman–Crippen MR) is 52.8 cm³/mol. The standard InChI is InChI=1S/C10H9FO2S/c11-10(12)6-9-7(3-5-14-9)8-2-1-4-13-8/h1-5,10,12H,6H2. The SMILES string of the molecule is OC(F)Cc1sccc1-c1ccco1. The zero-order valence-electron chi connectivity index (χ0n) is 7.31. The van der Waals surface area contributed by atoms with E-state index in [1.165, 1.54) is 11.3 Å². The van der Waals surface area contributed by atoms with E-state index in [2.05, 4.69) is 0 Å².